The first-order chi connectivity index (χ1) is 5.09. The molecule has 1 rings (SSSR count). The van der Waals surface area contributed by atoms with Gasteiger partial charge in [-0.05, 0) is 35.6 Å². The van der Waals surface area contributed by atoms with Crippen LogP contribution >= 0.6 is 45.5 Å². The molecule has 1 aliphatic heterocycles. The van der Waals surface area contributed by atoms with E-state index in [1.165, 1.54) is 11.4 Å². The average molecular weight is 376 g/mol. The molecular weight excluding hydrogens is 366 g/mol. The summed E-state index contributed by atoms with van der Waals surface area (Å²) in [7, 11) is 2.08. The summed E-state index contributed by atoms with van der Waals surface area (Å²) >= 11 is 4.71. The first kappa shape index (κ1) is 9.63. The van der Waals surface area contributed by atoms with Crippen molar-refractivity contribution in [3.8, 4) is 0 Å². The van der Waals surface area contributed by atoms with E-state index in [0.29, 0.717) is 4.17 Å². The van der Waals surface area contributed by atoms with Crippen molar-refractivity contribution >= 4 is 45.5 Å². The van der Waals surface area contributed by atoms with Crippen LogP contribution in [0.25, 0.3) is 0 Å². The zero-order valence-corrected chi connectivity index (χ0v) is 10.8. The fourth-order valence-electron chi connectivity index (χ4n) is 1.08. The summed E-state index contributed by atoms with van der Waals surface area (Å²) in [6, 6.07) is 0. The molecule has 0 N–H and O–H groups in total. The topological polar surface area (TPSA) is 6.48 Å². The minimum Gasteiger partial charge on any atom is -0.344 e. The highest BCUT2D eigenvalue weighted by atomic mass is 127. The average Bonchev–Trinajstić information content (AvgIpc) is 2.17. The summed E-state index contributed by atoms with van der Waals surface area (Å²) < 4.78 is 2.62. The van der Waals surface area contributed by atoms with Gasteiger partial charge in [0.2, 0.25) is 0 Å². The second-order valence-corrected chi connectivity index (χ2v) is 4.56. The SMILES string of the molecule is C=CC1=C(C)N(I)C(I)N1C. The highest BCUT2D eigenvalue weighted by molar-refractivity contribution is 14.1. The second-order valence-electron chi connectivity index (χ2n) is 2.41. The first-order valence-corrected chi connectivity index (χ1v) is 5.46. The summed E-state index contributed by atoms with van der Waals surface area (Å²) in [5.41, 5.74) is 2.50. The zero-order valence-electron chi connectivity index (χ0n) is 6.51. The van der Waals surface area contributed by atoms with Gasteiger partial charge in [-0.15, -0.1) is 0 Å². The van der Waals surface area contributed by atoms with E-state index < -0.39 is 0 Å². The Balaban J connectivity index is 2.97. The number of halogens is 2. The van der Waals surface area contributed by atoms with E-state index >= 15 is 0 Å². The highest BCUT2D eigenvalue weighted by Gasteiger charge is 2.28. The van der Waals surface area contributed by atoms with Gasteiger partial charge in [0.25, 0.3) is 0 Å². The number of hydrogen-bond acceptors (Lipinski definition) is 2. The van der Waals surface area contributed by atoms with Gasteiger partial charge >= 0.3 is 0 Å². The summed E-state index contributed by atoms with van der Waals surface area (Å²) in [4.78, 5) is 2.20. The van der Waals surface area contributed by atoms with Crippen LogP contribution in [-0.2, 0) is 0 Å². The number of rotatable bonds is 1. The molecule has 0 saturated carbocycles. The molecule has 0 bridgehead atoms. The van der Waals surface area contributed by atoms with E-state index in [0.717, 1.165) is 0 Å². The molecule has 4 heteroatoms. The van der Waals surface area contributed by atoms with E-state index in [1.54, 1.807) is 0 Å². The predicted molar refractivity (Wildman–Crippen MR) is 64.3 cm³/mol. The van der Waals surface area contributed by atoms with Crippen LogP contribution in [0.1, 0.15) is 6.92 Å². The molecule has 11 heavy (non-hydrogen) atoms. The Labute approximate surface area is 94.9 Å². The maximum absolute atomic E-state index is 3.78. The highest BCUT2D eigenvalue weighted by Crippen LogP contribution is 2.34. The third kappa shape index (κ3) is 1.51. The van der Waals surface area contributed by atoms with Gasteiger partial charge in [-0.2, -0.15) is 0 Å². The van der Waals surface area contributed by atoms with Crippen molar-refractivity contribution in [3.63, 3.8) is 0 Å². The van der Waals surface area contributed by atoms with Crippen molar-refractivity contribution in [2.45, 2.75) is 11.1 Å². The number of likely N-dealkylation sites (N-methyl/N-ethyl adjacent to an activating group) is 1. The number of nitrogens with zero attached hydrogens (tertiary/aromatic N) is 2. The fourth-order valence-corrected chi connectivity index (χ4v) is 2.42. The molecule has 0 radical (unpaired) electrons. The van der Waals surface area contributed by atoms with E-state index in [4.69, 9.17) is 0 Å². The maximum atomic E-state index is 3.78. The smallest absolute Gasteiger partial charge is 0.163 e. The quantitative estimate of drug-likeness (QED) is 0.301. The number of alkyl halides is 1. The molecule has 1 unspecified atom stereocenters. The van der Waals surface area contributed by atoms with Crippen LogP contribution in [0.3, 0.4) is 0 Å². The van der Waals surface area contributed by atoms with Crippen LogP contribution in [0.2, 0.25) is 0 Å². The molecule has 0 aromatic heterocycles. The minimum absolute atomic E-state index is 0.418. The lowest BCUT2D eigenvalue weighted by Gasteiger charge is -2.21. The summed E-state index contributed by atoms with van der Waals surface area (Å²) in [5.74, 6) is 0. The van der Waals surface area contributed by atoms with Gasteiger partial charge in [0.15, 0.2) is 4.17 Å². The van der Waals surface area contributed by atoms with Gasteiger partial charge in [0.05, 0.1) is 28.6 Å². The Hall–Kier alpha value is 0.540. The maximum Gasteiger partial charge on any atom is 0.163 e. The van der Waals surface area contributed by atoms with Crippen molar-refractivity contribution in [1.29, 1.82) is 0 Å². The second kappa shape index (κ2) is 3.51. The van der Waals surface area contributed by atoms with Gasteiger partial charge in [-0.3, -0.25) is 3.11 Å². The Morgan fingerprint density at radius 1 is 1.64 bits per heavy atom. The van der Waals surface area contributed by atoms with Crippen LogP contribution in [0, 0.1) is 0 Å². The van der Waals surface area contributed by atoms with Gasteiger partial charge < -0.3 is 4.90 Å². The van der Waals surface area contributed by atoms with E-state index in [2.05, 4.69) is 74.0 Å². The summed E-state index contributed by atoms with van der Waals surface area (Å²) in [6.45, 7) is 5.89. The molecule has 2 nitrogen and oxygen atoms in total. The number of hydrogen-bond donors (Lipinski definition) is 0. The van der Waals surface area contributed by atoms with Gasteiger partial charge in [-0.1, -0.05) is 6.58 Å². The largest absolute Gasteiger partial charge is 0.344 e. The molecule has 1 aliphatic rings. The van der Waals surface area contributed by atoms with Gasteiger partial charge in [0, 0.05) is 12.7 Å². The minimum atomic E-state index is 0.418. The lowest BCUT2D eigenvalue weighted by atomic mass is 10.3. The zero-order chi connectivity index (χ0) is 8.59. The van der Waals surface area contributed by atoms with Crippen LogP contribution in [0.4, 0.5) is 0 Å². The van der Waals surface area contributed by atoms with Crippen LogP contribution in [0.5, 0.6) is 0 Å². The van der Waals surface area contributed by atoms with Crippen LogP contribution in [-0.4, -0.2) is 19.2 Å². The van der Waals surface area contributed by atoms with E-state index in [1.807, 2.05) is 6.08 Å². The number of allylic oxidation sites excluding steroid dienone is 2. The predicted octanol–water partition coefficient (Wildman–Crippen LogP) is 2.72. The first-order valence-electron chi connectivity index (χ1n) is 3.24. The van der Waals surface area contributed by atoms with E-state index in [9.17, 15) is 0 Å². The standard InChI is InChI=1S/C7H10I2N2/c1-4-6-5(2)11(9)7(8)10(6)3/h4,7H,1H2,2-3H3. The normalized spacial score (nSPS) is 24.9. The molecule has 62 valence electrons. The van der Waals surface area contributed by atoms with Crippen molar-refractivity contribution in [3.05, 3.63) is 24.0 Å². The Kier molecular flexibility index (Phi) is 3.07. The van der Waals surface area contributed by atoms with Crippen molar-refractivity contribution in [1.82, 2.24) is 8.01 Å². The Morgan fingerprint density at radius 3 is 2.36 bits per heavy atom. The van der Waals surface area contributed by atoms with Gasteiger partial charge in [-0.25, -0.2) is 0 Å². The van der Waals surface area contributed by atoms with E-state index in [-0.39, 0.29) is 0 Å². The molecule has 1 atom stereocenters. The van der Waals surface area contributed by atoms with Crippen molar-refractivity contribution < 1.29 is 0 Å². The molecule has 0 amide bonds. The lowest BCUT2D eigenvalue weighted by Crippen LogP contribution is -2.26. The summed E-state index contributed by atoms with van der Waals surface area (Å²) in [5, 5.41) is 0. The monoisotopic (exact) mass is 376 g/mol. The van der Waals surface area contributed by atoms with Crippen LogP contribution < -0.4 is 0 Å². The van der Waals surface area contributed by atoms with Crippen LogP contribution in [0.15, 0.2) is 24.0 Å². The summed E-state index contributed by atoms with van der Waals surface area (Å²) in [6.07, 6.45) is 1.90. The van der Waals surface area contributed by atoms with Crippen molar-refractivity contribution in [2.75, 3.05) is 7.05 Å². The third-order valence-corrected chi connectivity index (χ3v) is 5.48. The molecule has 0 fully saturated rings. The molecule has 0 aromatic rings. The lowest BCUT2D eigenvalue weighted by molar-refractivity contribution is 0.384. The fraction of sp³-hybridized carbons (Fsp3) is 0.429. The molecule has 1 heterocycles. The van der Waals surface area contributed by atoms with Crippen molar-refractivity contribution in [2.24, 2.45) is 0 Å². The molecule has 0 aliphatic carbocycles. The Morgan fingerprint density at radius 2 is 2.18 bits per heavy atom. The third-order valence-electron chi connectivity index (χ3n) is 1.77. The molecular formula is C7H10I2N2. The molecule has 0 saturated heterocycles. The molecule has 0 aromatic carbocycles. The Bertz CT molecular complexity index is 212. The molecule has 0 spiro atoms. The van der Waals surface area contributed by atoms with Gasteiger partial charge in [0.1, 0.15) is 0 Å².